The Bertz CT molecular complexity index is 641. The maximum atomic E-state index is 8.87. The van der Waals surface area contributed by atoms with E-state index in [1.165, 1.54) is 15.6 Å². The van der Waals surface area contributed by atoms with Crippen molar-refractivity contribution in [3.63, 3.8) is 0 Å². The van der Waals surface area contributed by atoms with Crippen LogP contribution in [0.4, 0.5) is 0 Å². The first-order valence-corrected chi connectivity index (χ1v) is 6.38. The molecule has 0 amide bonds. The largest absolute Gasteiger partial charge is 0.396 e. The second kappa shape index (κ2) is 4.31. The number of benzene rings is 1. The Morgan fingerprint density at radius 1 is 1.29 bits per heavy atom. The van der Waals surface area contributed by atoms with Gasteiger partial charge in [0.25, 0.3) is 0 Å². The molecule has 0 aliphatic rings. The fraction of sp³-hybridized carbons (Fsp3) is 0.154. The molecule has 0 saturated heterocycles. The van der Waals surface area contributed by atoms with Crippen molar-refractivity contribution in [3.8, 4) is 11.3 Å². The first-order chi connectivity index (χ1) is 8.38. The third-order valence-electron chi connectivity index (χ3n) is 2.75. The van der Waals surface area contributed by atoms with Crippen LogP contribution in [0.3, 0.4) is 0 Å². The highest BCUT2D eigenvalue weighted by molar-refractivity contribution is 7.17. The number of hydrogen-bond acceptors (Lipinski definition) is 3. The average Bonchev–Trinajstić information content (AvgIpc) is 2.95. The highest BCUT2D eigenvalue weighted by Gasteiger charge is 2.08. The molecule has 0 radical (unpaired) electrons. The molecule has 2 N–H and O–H groups in total. The first kappa shape index (κ1) is 10.5. The summed E-state index contributed by atoms with van der Waals surface area (Å²) in [6.45, 7) is 0.122. The number of aromatic nitrogens is 2. The number of fused-ring (bicyclic) bond motifs is 1. The number of imidazole rings is 1. The minimum Gasteiger partial charge on any atom is -0.396 e. The van der Waals surface area contributed by atoms with Gasteiger partial charge in [0.1, 0.15) is 5.82 Å². The monoisotopic (exact) mass is 244 g/mol. The summed E-state index contributed by atoms with van der Waals surface area (Å²) >= 11 is 1.73. The summed E-state index contributed by atoms with van der Waals surface area (Å²) in [5.41, 5.74) is 2.20. The Labute approximate surface area is 103 Å². The molecule has 3 rings (SSSR count). The summed E-state index contributed by atoms with van der Waals surface area (Å²) in [5, 5.41) is 12.3. The van der Waals surface area contributed by atoms with Gasteiger partial charge in [0.2, 0.25) is 0 Å². The summed E-state index contributed by atoms with van der Waals surface area (Å²) < 4.78 is 1.28. The van der Waals surface area contributed by atoms with Gasteiger partial charge in [-0.2, -0.15) is 0 Å². The van der Waals surface area contributed by atoms with E-state index in [1.54, 1.807) is 11.3 Å². The minimum absolute atomic E-state index is 0.122. The van der Waals surface area contributed by atoms with E-state index in [0.717, 1.165) is 11.5 Å². The van der Waals surface area contributed by atoms with E-state index in [-0.39, 0.29) is 6.61 Å². The Balaban J connectivity index is 2.07. The summed E-state index contributed by atoms with van der Waals surface area (Å²) in [4.78, 5) is 7.50. The van der Waals surface area contributed by atoms with Crippen molar-refractivity contribution < 1.29 is 5.11 Å². The van der Waals surface area contributed by atoms with Crippen LogP contribution < -0.4 is 0 Å². The van der Waals surface area contributed by atoms with Gasteiger partial charge in [0, 0.05) is 27.5 Å². The topological polar surface area (TPSA) is 48.9 Å². The van der Waals surface area contributed by atoms with Crippen LogP contribution in [0, 0.1) is 0 Å². The first-order valence-electron chi connectivity index (χ1n) is 5.50. The zero-order valence-electron chi connectivity index (χ0n) is 9.18. The molecule has 0 atom stereocenters. The SMILES string of the molecule is OCCc1ncc(-c2csc3ccccc23)[nH]1. The van der Waals surface area contributed by atoms with Crippen LogP contribution in [0.1, 0.15) is 5.82 Å². The molecule has 3 nitrogen and oxygen atoms in total. The van der Waals surface area contributed by atoms with Crippen molar-refractivity contribution in [3.05, 3.63) is 41.7 Å². The Morgan fingerprint density at radius 3 is 3.06 bits per heavy atom. The van der Waals surface area contributed by atoms with E-state index in [0.29, 0.717) is 6.42 Å². The van der Waals surface area contributed by atoms with Crippen LogP contribution in [-0.4, -0.2) is 21.7 Å². The highest BCUT2D eigenvalue weighted by atomic mass is 32.1. The number of nitrogens with zero attached hydrogens (tertiary/aromatic N) is 1. The van der Waals surface area contributed by atoms with Gasteiger partial charge in [-0.15, -0.1) is 11.3 Å². The van der Waals surface area contributed by atoms with Gasteiger partial charge in [0.05, 0.1) is 18.5 Å². The average molecular weight is 244 g/mol. The molecule has 0 spiro atoms. The summed E-state index contributed by atoms with van der Waals surface area (Å²) in [5.74, 6) is 0.831. The van der Waals surface area contributed by atoms with Crippen LogP contribution in [-0.2, 0) is 6.42 Å². The van der Waals surface area contributed by atoms with E-state index < -0.39 is 0 Å². The molecule has 0 saturated carbocycles. The highest BCUT2D eigenvalue weighted by Crippen LogP contribution is 2.32. The number of H-pyrrole nitrogens is 1. The third-order valence-corrected chi connectivity index (χ3v) is 3.71. The second-order valence-corrected chi connectivity index (χ2v) is 4.77. The normalized spacial score (nSPS) is 11.1. The van der Waals surface area contributed by atoms with E-state index in [9.17, 15) is 0 Å². The number of aliphatic hydroxyl groups is 1. The molecular weight excluding hydrogens is 232 g/mol. The number of aliphatic hydroxyl groups excluding tert-OH is 1. The lowest BCUT2D eigenvalue weighted by atomic mass is 10.1. The zero-order valence-corrected chi connectivity index (χ0v) is 10.00. The minimum atomic E-state index is 0.122. The summed E-state index contributed by atoms with van der Waals surface area (Å²) in [7, 11) is 0. The van der Waals surface area contributed by atoms with Crippen molar-refractivity contribution in [1.82, 2.24) is 9.97 Å². The standard InChI is InChI=1S/C13H12N2OS/c16-6-5-13-14-7-11(15-13)10-8-17-12-4-2-1-3-9(10)12/h1-4,7-8,16H,5-6H2,(H,14,15). The van der Waals surface area contributed by atoms with Gasteiger partial charge in [-0.25, -0.2) is 4.98 Å². The van der Waals surface area contributed by atoms with Crippen LogP contribution in [0.2, 0.25) is 0 Å². The predicted molar refractivity (Wildman–Crippen MR) is 70.2 cm³/mol. The van der Waals surface area contributed by atoms with E-state index in [4.69, 9.17) is 5.11 Å². The van der Waals surface area contributed by atoms with Gasteiger partial charge < -0.3 is 10.1 Å². The quantitative estimate of drug-likeness (QED) is 0.744. The van der Waals surface area contributed by atoms with Gasteiger partial charge in [-0.1, -0.05) is 18.2 Å². The number of nitrogens with one attached hydrogen (secondary N) is 1. The van der Waals surface area contributed by atoms with Crippen molar-refractivity contribution in [1.29, 1.82) is 0 Å². The van der Waals surface area contributed by atoms with E-state index in [2.05, 4.69) is 27.5 Å². The molecule has 1 aromatic carbocycles. The number of thiophene rings is 1. The smallest absolute Gasteiger partial charge is 0.108 e. The molecule has 0 aliphatic heterocycles. The molecule has 2 aromatic heterocycles. The molecule has 0 unspecified atom stereocenters. The van der Waals surface area contributed by atoms with Crippen molar-refractivity contribution in [2.24, 2.45) is 0 Å². The number of hydrogen-bond donors (Lipinski definition) is 2. The summed E-state index contributed by atoms with van der Waals surface area (Å²) in [6.07, 6.45) is 2.40. The Hall–Kier alpha value is -1.65. The van der Waals surface area contributed by atoms with E-state index >= 15 is 0 Å². The lowest BCUT2D eigenvalue weighted by molar-refractivity contribution is 0.297. The number of rotatable bonds is 3. The van der Waals surface area contributed by atoms with Gasteiger partial charge in [0.15, 0.2) is 0 Å². The van der Waals surface area contributed by atoms with Crippen molar-refractivity contribution in [2.45, 2.75) is 6.42 Å². The Morgan fingerprint density at radius 2 is 2.18 bits per heavy atom. The lowest BCUT2D eigenvalue weighted by Gasteiger charge is -1.95. The third kappa shape index (κ3) is 1.85. The van der Waals surface area contributed by atoms with Crippen molar-refractivity contribution in [2.75, 3.05) is 6.61 Å². The lowest BCUT2D eigenvalue weighted by Crippen LogP contribution is -1.92. The molecule has 86 valence electrons. The molecule has 2 heterocycles. The van der Waals surface area contributed by atoms with Crippen LogP contribution in [0.15, 0.2) is 35.8 Å². The molecule has 0 fully saturated rings. The van der Waals surface area contributed by atoms with Crippen LogP contribution in [0.5, 0.6) is 0 Å². The zero-order chi connectivity index (χ0) is 11.7. The maximum Gasteiger partial charge on any atom is 0.108 e. The Kier molecular flexibility index (Phi) is 2.66. The molecule has 17 heavy (non-hydrogen) atoms. The van der Waals surface area contributed by atoms with Gasteiger partial charge in [-0.3, -0.25) is 0 Å². The van der Waals surface area contributed by atoms with Crippen LogP contribution >= 0.6 is 11.3 Å². The van der Waals surface area contributed by atoms with Gasteiger partial charge in [-0.05, 0) is 6.07 Å². The maximum absolute atomic E-state index is 8.87. The fourth-order valence-electron chi connectivity index (χ4n) is 1.92. The summed E-state index contributed by atoms with van der Waals surface area (Å²) in [6, 6.07) is 8.33. The molecule has 4 heteroatoms. The molecular formula is C13H12N2OS. The van der Waals surface area contributed by atoms with Crippen molar-refractivity contribution >= 4 is 21.4 Å². The molecule has 0 aliphatic carbocycles. The predicted octanol–water partition coefficient (Wildman–Crippen LogP) is 2.83. The van der Waals surface area contributed by atoms with E-state index in [1.807, 2.05) is 18.3 Å². The molecule has 0 bridgehead atoms. The van der Waals surface area contributed by atoms with Gasteiger partial charge >= 0.3 is 0 Å². The number of aromatic amines is 1. The van der Waals surface area contributed by atoms with Crippen LogP contribution in [0.25, 0.3) is 21.3 Å². The fourth-order valence-corrected chi connectivity index (χ4v) is 2.88. The molecule has 3 aromatic rings. The second-order valence-electron chi connectivity index (χ2n) is 3.86.